The van der Waals surface area contributed by atoms with Crippen molar-refractivity contribution in [1.82, 2.24) is 24.9 Å². The number of carbonyl (C=O) groups excluding carboxylic acids is 1. The third-order valence-corrected chi connectivity index (χ3v) is 5.96. The van der Waals surface area contributed by atoms with Crippen molar-refractivity contribution in [3.05, 3.63) is 31.3 Å². The minimum absolute atomic E-state index is 0.0597. The van der Waals surface area contributed by atoms with E-state index in [1.807, 2.05) is 36.3 Å². The van der Waals surface area contributed by atoms with Gasteiger partial charge in [-0.3, -0.25) is 14.2 Å². The van der Waals surface area contributed by atoms with Gasteiger partial charge in [-0.25, -0.2) is 0 Å². The molecule has 0 saturated heterocycles. The van der Waals surface area contributed by atoms with Gasteiger partial charge >= 0.3 is 0 Å². The van der Waals surface area contributed by atoms with Crippen LogP contribution in [0.5, 0.6) is 0 Å². The summed E-state index contributed by atoms with van der Waals surface area (Å²) >= 11 is 5.77. The van der Waals surface area contributed by atoms with E-state index in [0.29, 0.717) is 19.5 Å². The first-order valence-electron chi connectivity index (χ1n) is 7.54. The number of hydrogen-bond donors (Lipinski definition) is 1. The van der Waals surface area contributed by atoms with Crippen molar-refractivity contribution in [3.8, 4) is 0 Å². The van der Waals surface area contributed by atoms with Gasteiger partial charge in [-0.2, -0.15) is 10.2 Å². The number of hydrogen-bond acceptors (Lipinski definition) is 3. The lowest BCUT2D eigenvalue weighted by Gasteiger charge is -2.08. The van der Waals surface area contributed by atoms with Crippen LogP contribution in [-0.4, -0.2) is 32.0 Å². The Morgan fingerprint density at radius 1 is 1.26 bits per heavy atom. The first-order chi connectivity index (χ1) is 10.9. The average Bonchev–Trinajstić information content (AvgIpc) is 2.97. The maximum atomic E-state index is 11.9. The molecule has 0 saturated carbocycles. The summed E-state index contributed by atoms with van der Waals surface area (Å²) < 4.78 is 6.03. The van der Waals surface area contributed by atoms with E-state index >= 15 is 0 Å². The summed E-state index contributed by atoms with van der Waals surface area (Å²) in [7, 11) is 0. The molecule has 8 heteroatoms. The van der Waals surface area contributed by atoms with E-state index in [0.717, 1.165) is 38.1 Å². The van der Waals surface area contributed by atoms with E-state index in [-0.39, 0.29) is 5.91 Å². The van der Waals surface area contributed by atoms with Gasteiger partial charge in [0.05, 0.1) is 19.9 Å². The number of carbonyl (C=O) groups is 1. The van der Waals surface area contributed by atoms with Gasteiger partial charge in [0, 0.05) is 37.4 Å². The zero-order chi connectivity index (χ0) is 17.0. The molecule has 2 rings (SSSR count). The van der Waals surface area contributed by atoms with Crippen molar-refractivity contribution in [3.63, 3.8) is 0 Å². The monoisotopic (exact) mass is 493 g/mol. The van der Waals surface area contributed by atoms with Crippen LogP contribution in [0.1, 0.15) is 29.9 Å². The molecule has 1 N–H and O–H groups in total. The second kappa shape index (κ2) is 8.27. The van der Waals surface area contributed by atoms with Crippen molar-refractivity contribution in [2.24, 2.45) is 0 Å². The fourth-order valence-electron chi connectivity index (χ4n) is 2.29. The van der Waals surface area contributed by atoms with Gasteiger partial charge in [-0.15, -0.1) is 0 Å². The molecule has 0 radical (unpaired) electrons. The van der Waals surface area contributed by atoms with Crippen LogP contribution < -0.4 is 5.32 Å². The quantitative estimate of drug-likeness (QED) is 0.476. The lowest BCUT2D eigenvalue weighted by Crippen LogP contribution is -2.26. The minimum atomic E-state index is 0.0597. The highest BCUT2D eigenvalue weighted by atomic mass is 127. The second-order valence-corrected chi connectivity index (χ2v) is 7.42. The molecule has 2 aromatic heterocycles. The summed E-state index contributed by atoms with van der Waals surface area (Å²) in [6, 6.07) is 0. The highest BCUT2D eigenvalue weighted by Crippen LogP contribution is 2.19. The maximum absolute atomic E-state index is 11.9. The molecular weight excluding hydrogens is 473 g/mol. The van der Waals surface area contributed by atoms with E-state index in [1.54, 1.807) is 0 Å². The van der Waals surface area contributed by atoms with Crippen LogP contribution in [0, 0.1) is 24.3 Å². The van der Waals surface area contributed by atoms with Gasteiger partial charge in [0.1, 0.15) is 0 Å². The molecule has 0 aliphatic carbocycles. The Labute approximate surface area is 158 Å². The predicted octanol–water partition coefficient (Wildman–Crippen LogP) is 2.97. The Balaban J connectivity index is 1.69. The minimum Gasteiger partial charge on any atom is -0.356 e. The van der Waals surface area contributed by atoms with Crippen molar-refractivity contribution < 1.29 is 4.79 Å². The second-order valence-electron chi connectivity index (χ2n) is 5.46. The number of halogens is 2. The van der Waals surface area contributed by atoms with E-state index in [2.05, 4.69) is 54.0 Å². The molecule has 0 aliphatic rings. The molecule has 0 spiro atoms. The van der Waals surface area contributed by atoms with Crippen LogP contribution in [0.3, 0.4) is 0 Å². The van der Waals surface area contributed by atoms with Crippen LogP contribution in [-0.2, 0) is 17.9 Å². The molecule has 0 aromatic carbocycles. The summed E-state index contributed by atoms with van der Waals surface area (Å²) in [4.78, 5) is 11.9. The summed E-state index contributed by atoms with van der Waals surface area (Å²) in [6.07, 6.45) is 3.13. The lowest BCUT2D eigenvalue weighted by molar-refractivity contribution is -0.121. The highest BCUT2D eigenvalue weighted by molar-refractivity contribution is 14.1. The fraction of sp³-hybridized carbons (Fsp3) is 0.533. The molecule has 6 nitrogen and oxygen atoms in total. The van der Waals surface area contributed by atoms with Crippen molar-refractivity contribution in [1.29, 1.82) is 0 Å². The average molecular weight is 494 g/mol. The lowest BCUT2D eigenvalue weighted by atomic mass is 10.3. The number of aromatic nitrogens is 4. The molecule has 1 amide bonds. The highest BCUT2D eigenvalue weighted by Gasteiger charge is 2.09. The Bertz CT molecular complexity index is 694. The van der Waals surface area contributed by atoms with Crippen molar-refractivity contribution in [2.75, 3.05) is 6.54 Å². The summed E-state index contributed by atoms with van der Waals surface area (Å²) in [5.41, 5.74) is 3.22. The van der Waals surface area contributed by atoms with E-state index in [9.17, 15) is 4.79 Å². The third-order valence-electron chi connectivity index (χ3n) is 3.76. The predicted molar refractivity (Wildman–Crippen MR) is 101 cm³/mol. The zero-order valence-electron chi connectivity index (χ0n) is 13.6. The number of nitrogens with one attached hydrogen (secondary N) is 1. The largest absolute Gasteiger partial charge is 0.356 e. The molecule has 0 atom stereocenters. The van der Waals surface area contributed by atoms with Gasteiger partial charge in [0.2, 0.25) is 5.91 Å². The third kappa shape index (κ3) is 4.79. The molecule has 0 bridgehead atoms. The summed E-state index contributed by atoms with van der Waals surface area (Å²) in [5.74, 6) is 0.0597. The first-order valence-corrected chi connectivity index (χ1v) is 9.41. The van der Waals surface area contributed by atoms with Gasteiger partial charge in [0.15, 0.2) is 0 Å². The van der Waals surface area contributed by atoms with E-state index < -0.39 is 0 Å². The first kappa shape index (κ1) is 18.4. The Kier molecular flexibility index (Phi) is 6.63. The van der Waals surface area contributed by atoms with Crippen LogP contribution in [0.2, 0.25) is 0 Å². The normalized spacial score (nSPS) is 11.0. The van der Waals surface area contributed by atoms with Crippen LogP contribution >= 0.6 is 38.5 Å². The van der Waals surface area contributed by atoms with E-state index in [1.165, 1.54) is 0 Å². The number of nitrogens with zero attached hydrogens (tertiary/aromatic N) is 4. The fourth-order valence-corrected chi connectivity index (χ4v) is 2.98. The summed E-state index contributed by atoms with van der Waals surface area (Å²) in [6.45, 7) is 8.11. The van der Waals surface area contributed by atoms with Gasteiger partial charge < -0.3 is 5.32 Å². The molecule has 2 aromatic rings. The number of rotatable bonds is 7. The molecule has 0 aliphatic heterocycles. The van der Waals surface area contributed by atoms with Gasteiger partial charge in [-0.05, 0) is 65.7 Å². The Morgan fingerprint density at radius 2 is 2.00 bits per heavy atom. The van der Waals surface area contributed by atoms with Crippen LogP contribution in [0.15, 0.2) is 10.7 Å². The van der Waals surface area contributed by atoms with E-state index in [4.69, 9.17) is 0 Å². The molecule has 23 heavy (non-hydrogen) atoms. The Morgan fingerprint density at radius 3 is 2.57 bits per heavy atom. The number of amides is 1. The maximum Gasteiger partial charge on any atom is 0.221 e. The van der Waals surface area contributed by atoms with Gasteiger partial charge in [-0.1, -0.05) is 0 Å². The Hall–Kier alpha value is -0.900. The SMILES string of the molecule is Cc1nn(CCCNC(=O)CCn2ncc(I)c2C)c(C)c1Br. The molecule has 2 heterocycles. The number of aryl methyl sites for hydroxylation is 3. The molecule has 126 valence electrons. The smallest absolute Gasteiger partial charge is 0.221 e. The van der Waals surface area contributed by atoms with Crippen molar-refractivity contribution in [2.45, 2.75) is 46.7 Å². The van der Waals surface area contributed by atoms with Crippen molar-refractivity contribution >= 4 is 44.4 Å². The van der Waals surface area contributed by atoms with Crippen LogP contribution in [0.4, 0.5) is 0 Å². The molecule has 0 fully saturated rings. The topological polar surface area (TPSA) is 64.7 Å². The van der Waals surface area contributed by atoms with Crippen LogP contribution in [0.25, 0.3) is 0 Å². The zero-order valence-corrected chi connectivity index (χ0v) is 17.3. The molecular formula is C15H21BrIN5O. The molecule has 0 unspecified atom stereocenters. The standard InChI is InChI=1S/C15H21BrIN5O/c1-10-15(16)12(3)22(20-10)7-4-6-18-14(23)5-8-21-11(2)13(17)9-19-21/h9H,4-8H2,1-3H3,(H,18,23). The summed E-state index contributed by atoms with van der Waals surface area (Å²) in [5, 5.41) is 11.7. The van der Waals surface area contributed by atoms with Gasteiger partial charge in [0.25, 0.3) is 0 Å².